The zero-order chi connectivity index (χ0) is 17.9. The van der Waals surface area contributed by atoms with Crippen LogP contribution in [0, 0.1) is 5.92 Å². The molecule has 1 aliphatic carbocycles. The second kappa shape index (κ2) is 7.69. The first kappa shape index (κ1) is 18.8. The lowest BCUT2D eigenvalue weighted by Crippen LogP contribution is -2.36. The molecule has 0 radical (unpaired) electrons. The van der Waals surface area contributed by atoms with E-state index in [1.807, 2.05) is 19.9 Å². The second-order valence-electron chi connectivity index (χ2n) is 7.96. The highest BCUT2D eigenvalue weighted by Crippen LogP contribution is 2.66. The van der Waals surface area contributed by atoms with E-state index < -0.39 is 15.8 Å². The minimum absolute atomic E-state index is 0.0542. The van der Waals surface area contributed by atoms with E-state index in [0.717, 1.165) is 6.54 Å². The predicted molar refractivity (Wildman–Crippen MR) is 111 cm³/mol. The Morgan fingerprint density at radius 1 is 1.16 bits per heavy atom. The Morgan fingerprint density at radius 2 is 1.84 bits per heavy atom. The fraction of sp³-hybridized carbons (Fsp3) is 0.545. The van der Waals surface area contributed by atoms with Gasteiger partial charge in [0, 0.05) is 6.54 Å². The van der Waals surface area contributed by atoms with Crippen molar-refractivity contribution in [3.63, 3.8) is 0 Å². The Balaban J connectivity index is 2.01. The molecule has 0 bridgehead atoms. The smallest absolute Gasteiger partial charge is 0.0753 e. The highest BCUT2D eigenvalue weighted by molar-refractivity contribution is 8.37. The van der Waals surface area contributed by atoms with Gasteiger partial charge in [0.05, 0.1) is 10.9 Å². The van der Waals surface area contributed by atoms with Crippen LogP contribution in [0.1, 0.15) is 63.7 Å². The molecule has 2 aliphatic rings. The van der Waals surface area contributed by atoms with Crippen LogP contribution in [0.4, 0.5) is 0 Å². The molecule has 138 valence electrons. The Morgan fingerprint density at radius 3 is 2.44 bits per heavy atom. The minimum Gasteiger partial charge on any atom is -0.389 e. The van der Waals surface area contributed by atoms with Gasteiger partial charge < -0.3 is 5.11 Å². The van der Waals surface area contributed by atoms with Gasteiger partial charge in [0.25, 0.3) is 0 Å². The number of hydrogen-bond acceptors (Lipinski definition) is 2. The van der Waals surface area contributed by atoms with Gasteiger partial charge in [-0.25, -0.2) is 0 Å². The topological polar surface area (TPSA) is 32.3 Å². The first-order valence-corrected chi connectivity index (χ1v) is 11.5. The van der Waals surface area contributed by atoms with Gasteiger partial charge in [0.2, 0.25) is 0 Å². The molecule has 0 amide bonds. The summed E-state index contributed by atoms with van der Waals surface area (Å²) >= 11 is 0. The predicted octanol–water partition coefficient (Wildman–Crippen LogP) is 5.82. The summed E-state index contributed by atoms with van der Waals surface area (Å²) in [5.41, 5.74) is 1.93. The Kier molecular flexibility index (Phi) is 5.77. The van der Waals surface area contributed by atoms with Gasteiger partial charge in [-0.15, -0.1) is 10.2 Å². The highest BCUT2D eigenvalue weighted by Gasteiger charge is 2.42. The van der Waals surface area contributed by atoms with Crippen molar-refractivity contribution in [2.75, 3.05) is 6.54 Å². The van der Waals surface area contributed by atoms with Crippen LogP contribution in [0.2, 0.25) is 0 Å². The summed E-state index contributed by atoms with van der Waals surface area (Å²) < 4.78 is 3.79. The first-order valence-electron chi connectivity index (χ1n) is 9.70. The molecule has 0 spiro atoms. The number of nitrogens with one attached hydrogen (secondary N) is 1. The number of benzene rings is 1. The van der Waals surface area contributed by atoms with E-state index in [2.05, 4.69) is 52.8 Å². The molecule has 0 saturated heterocycles. The molecule has 25 heavy (non-hydrogen) atoms. The minimum atomic E-state index is -1.40. The van der Waals surface area contributed by atoms with Crippen LogP contribution < -0.4 is 4.72 Å². The van der Waals surface area contributed by atoms with Crippen molar-refractivity contribution in [2.45, 2.75) is 63.7 Å². The van der Waals surface area contributed by atoms with Crippen LogP contribution >= 0.6 is 10.2 Å². The lowest BCUT2D eigenvalue weighted by molar-refractivity contribution is 0.0765. The largest absolute Gasteiger partial charge is 0.389 e. The third-order valence-corrected chi connectivity index (χ3v) is 9.09. The molecule has 0 aromatic heterocycles. The third-order valence-electron chi connectivity index (χ3n) is 5.42. The average Bonchev–Trinajstić information content (AvgIpc) is 3.00. The Hall–Kier alpha value is -1.03. The van der Waals surface area contributed by atoms with Crippen LogP contribution in [0.5, 0.6) is 0 Å². The van der Waals surface area contributed by atoms with Crippen molar-refractivity contribution in [3.8, 4) is 0 Å². The number of rotatable bonds is 6. The number of hydrogen-bond donors (Lipinski definition) is 2. The fourth-order valence-corrected chi connectivity index (χ4v) is 8.35. The molecular weight excluding hydrogens is 326 g/mol. The average molecular weight is 360 g/mol. The van der Waals surface area contributed by atoms with Crippen molar-refractivity contribution in [1.29, 1.82) is 0 Å². The fourth-order valence-electron chi connectivity index (χ4n) is 4.47. The van der Waals surface area contributed by atoms with E-state index in [1.165, 1.54) is 43.2 Å². The van der Waals surface area contributed by atoms with E-state index >= 15 is 0 Å². The summed E-state index contributed by atoms with van der Waals surface area (Å²) in [5.74, 6) is 0.705. The lowest BCUT2D eigenvalue weighted by atomic mass is 9.84. The van der Waals surface area contributed by atoms with E-state index in [0.29, 0.717) is 5.92 Å². The molecule has 1 aliphatic heterocycles. The summed E-state index contributed by atoms with van der Waals surface area (Å²) in [6, 6.07) is 10.5. The monoisotopic (exact) mass is 359 g/mol. The molecule has 2 unspecified atom stereocenters. The molecule has 2 nitrogen and oxygen atoms in total. The zero-order valence-corrected chi connectivity index (χ0v) is 16.7. The van der Waals surface area contributed by atoms with Crippen molar-refractivity contribution in [1.82, 2.24) is 4.72 Å². The van der Waals surface area contributed by atoms with Crippen molar-refractivity contribution in [2.24, 2.45) is 5.92 Å². The van der Waals surface area contributed by atoms with E-state index in [9.17, 15) is 5.11 Å². The van der Waals surface area contributed by atoms with Gasteiger partial charge in [0.1, 0.15) is 0 Å². The van der Waals surface area contributed by atoms with Gasteiger partial charge in [0.15, 0.2) is 0 Å². The molecule has 1 aromatic carbocycles. The summed E-state index contributed by atoms with van der Waals surface area (Å²) in [6.07, 6.45) is 9.08. The molecule has 2 N–H and O–H groups in total. The van der Waals surface area contributed by atoms with Crippen LogP contribution in [-0.2, 0) is 0 Å². The number of allylic oxidation sites excluding steroid dienone is 2. The molecule has 3 heteroatoms. The molecule has 1 aromatic rings. The second-order valence-corrected chi connectivity index (χ2v) is 10.8. The Labute approximate surface area is 154 Å². The van der Waals surface area contributed by atoms with Gasteiger partial charge in [-0.1, -0.05) is 62.6 Å². The third kappa shape index (κ3) is 4.05. The van der Waals surface area contributed by atoms with Gasteiger partial charge in [-0.3, -0.25) is 4.72 Å². The van der Waals surface area contributed by atoms with Gasteiger partial charge in [-0.2, -0.15) is 0 Å². The standard InChI is InChI=1S/C22H33NOS/c1-4-23-25(16-15-20(17-25)18-11-7-5-8-12-18)21(22(2,3)24)19-13-9-6-10-14-19/h6,9-10,13-18,21,23-24H,4-5,7-8,11-12H2,1-3H3. The number of aliphatic hydroxyl groups is 1. The SMILES string of the molecule is CCNS1(C(c2ccccc2)C(C)(C)O)C=CC(C2CCCCC2)=C1. The van der Waals surface area contributed by atoms with Gasteiger partial charge in [-0.05, 0) is 54.6 Å². The van der Waals surface area contributed by atoms with E-state index in [-0.39, 0.29) is 5.25 Å². The molecule has 1 heterocycles. The van der Waals surface area contributed by atoms with E-state index in [1.54, 1.807) is 0 Å². The van der Waals surface area contributed by atoms with Crippen molar-refractivity contribution < 1.29 is 5.11 Å². The maximum atomic E-state index is 11.1. The van der Waals surface area contributed by atoms with Gasteiger partial charge >= 0.3 is 0 Å². The normalized spacial score (nSPS) is 28.4. The summed E-state index contributed by atoms with van der Waals surface area (Å²) in [5, 5.41) is 16.0. The summed E-state index contributed by atoms with van der Waals surface area (Å²) in [6.45, 7) is 6.99. The van der Waals surface area contributed by atoms with Crippen molar-refractivity contribution >= 4 is 10.2 Å². The summed E-state index contributed by atoms with van der Waals surface area (Å²) in [7, 11) is -1.40. The molecule has 2 atom stereocenters. The molecule has 1 saturated carbocycles. The van der Waals surface area contributed by atoms with Crippen LogP contribution in [-0.4, -0.2) is 17.3 Å². The van der Waals surface area contributed by atoms with E-state index in [4.69, 9.17) is 0 Å². The molecule has 3 rings (SSSR count). The quantitative estimate of drug-likeness (QED) is 0.671. The van der Waals surface area contributed by atoms with Crippen LogP contribution in [0.15, 0.2) is 52.8 Å². The maximum Gasteiger partial charge on any atom is 0.0753 e. The Bertz CT molecular complexity index is 625. The first-order chi connectivity index (χ1) is 12.0. The molecule has 1 fully saturated rings. The van der Waals surface area contributed by atoms with Crippen LogP contribution in [0.25, 0.3) is 0 Å². The zero-order valence-electron chi connectivity index (χ0n) is 15.9. The summed E-state index contributed by atoms with van der Waals surface area (Å²) in [4.78, 5) is 0. The van der Waals surface area contributed by atoms with Crippen molar-refractivity contribution in [3.05, 3.63) is 58.4 Å². The van der Waals surface area contributed by atoms with Crippen LogP contribution in [0.3, 0.4) is 0 Å². The highest BCUT2D eigenvalue weighted by atomic mass is 32.3. The maximum absolute atomic E-state index is 11.1. The lowest BCUT2D eigenvalue weighted by Gasteiger charge is -2.47. The molecular formula is C22H33NOS.